The van der Waals surface area contributed by atoms with E-state index in [0.717, 1.165) is 78.3 Å². The summed E-state index contributed by atoms with van der Waals surface area (Å²) in [6.45, 7) is 14.6. The Labute approximate surface area is 399 Å². The normalized spacial score (nSPS) is 15.2. The van der Waals surface area contributed by atoms with Crippen LogP contribution in [-0.2, 0) is 43.1 Å². The van der Waals surface area contributed by atoms with Gasteiger partial charge in [0.25, 0.3) is 5.91 Å². The number of hydrogen-bond donors (Lipinski definition) is 5. The van der Waals surface area contributed by atoms with Crippen molar-refractivity contribution in [1.82, 2.24) is 30.0 Å². The topological polar surface area (TPSA) is 215 Å². The molecule has 2 aliphatic heterocycles. The molecule has 5 heterocycles. The van der Waals surface area contributed by atoms with Crippen LogP contribution in [0.4, 0.5) is 26.3 Å². The van der Waals surface area contributed by atoms with E-state index in [-0.39, 0.29) is 28.0 Å². The van der Waals surface area contributed by atoms with Crippen LogP contribution in [0.5, 0.6) is 5.75 Å². The van der Waals surface area contributed by atoms with E-state index in [9.17, 15) is 45.8 Å². The molecular formula is C43H56F6N6O10S3. The molecule has 0 bridgehead atoms. The molecule has 16 nitrogen and oxygen atoms in total. The Morgan fingerprint density at radius 2 is 1.59 bits per heavy atom. The summed E-state index contributed by atoms with van der Waals surface area (Å²) in [4.78, 5) is 71.7. The number of aromatic nitrogens is 2. The number of carbonyl (C=O) groups is 4. The van der Waals surface area contributed by atoms with Crippen molar-refractivity contribution in [3.05, 3.63) is 65.3 Å². The highest BCUT2D eigenvalue weighted by Crippen LogP contribution is 2.32. The largest absolute Gasteiger partial charge is 0.506 e. The summed E-state index contributed by atoms with van der Waals surface area (Å²) in [6, 6.07) is 7.90. The van der Waals surface area contributed by atoms with Crippen molar-refractivity contribution in [2.45, 2.75) is 83.2 Å². The van der Waals surface area contributed by atoms with Crippen LogP contribution in [0.25, 0.3) is 10.2 Å². The van der Waals surface area contributed by atoms with Crippen LogP contribution in [0, 0.1) is 0 Å². The third-order valence-corrected chi connectivity index (χ3v) is 14.2. The van der Waals surface area contributed by atoms with E-state index in [1.54, 1.807) is 17.4 Å². The number of morpholine rings is 1. The number of likely N-dealkylation sites (tertiary alicyclic amines) is 1. The predicted octanol–water partition coefficient (Wildman–Crippen LogP) is 6.38. The van der Waals surface area contributed by atoms with Crippen LogP contribution in [-0.4, -0.2) is 160 Å². The summed E-state index contributed by atoms with van der Waals surface area (Å²) in [7, 11) is 0. The number of likely N-dealkylation sites (N-methyl/N-ethyl adjacent to an activating group) is 1. The van der Waals surface area contributed by atoms with Crippen LogP contribution in [0.1, 0.15) is 76.8 Å². The number of nitrogens with zero attached hydrogens (tertiary/aromatic N) is 4. The molecule has 0 aliphatic carbocycles. The fourth-order valence-electron chi connectivity index (χ4n) is 7.16. The van der Waals surface area contributed by atoms with Gasteiger partial charge in [0, 0.05) is 73.3 Å². The smallest absolute Gasteiger partial charge is 0.490 e. The van der Waals surface area contributed by atoms with E-state index in [0.29, 0.717) is 82.6 Å². The number of thiazole rings is 2. The number of H-pyrrole nitrogens is 1. The highest BCUT2D eigenvalue weighted by Gasteiger charge is 2.42. The zero-order chi connectivity index (χ0) is 50.2. The summed E-state index contributed by atoms with van der Waals surface area (Å²) in [5.41, 5.74) is 1.82. The van der Waals surface area contributed by atoms with Gasteiger partial charge in [0.1, 0.15) is 17.0 Å². The van der Waals surface area contributed by atoms with Gasteiger partial charge in [0.15, 0.2) is 0 Å². The second-order valence-corrected chi connectivity index (χ2v) is 19.2. The first-order valence-corrected chi connectivity index (χ1v) is 24.2. The number of carboxylic acids is 2. The standard InChI is InChI=1S/C39H54N6O6S3.2C2HF3O2/c1-4-44(20-16-40-15-9-28-5-8-32(46)34-35(28)54-38(49)42-34)33(47)12-23-50-22-11-30-7-6-29(53-30)10-17-43-18-13-39(14-19-43)26-45(21-24-51-39)37(48)31-25-52-36(41-31)27(2)3;2*3-2(4,5)1(6)7/h5-8,25,27,40,46H,4,9-24,26H2,1-3H3,(H,42,49);2*(H,6,7). The molecule has 0 atom stereocenters. The SMILES string of the molecule is CCN(CCNCCc1ccc(O)c2[nH]c(=O)sc12)C(=O)CCOCCc1ccc(CCN2CCC3(CC2)CN(C(=O)c2csc(C(C)C)n2)CCO3)s1.O=C(O)C(F)(F)F.O=C(O)C(F)(F)F. The average Bonchev–Trinajstić information content (AvgIpc) is 4.06. The lowest BCUT2D eigenvalue weighted by molar-refractivity contribution is -0.193. The minimum absolute atomic E-state index is 0.0282. The Kier molecular flexibility index (Phi) is 21.2. The van der Waals surface area contributed by atoms with Gasteiger partial charge in [-0.3, -0.25) is 14.4 Å². The van der Waals surface area contributed by atoms with Crippen LogP contribution in [0.15, 0.2) is 34.4 Å². The first kappa shape index (κ1) is 55.9. The van der Waals surface area contributed by atoms with E-state index in [1.807, 2.05) is 39.5 Å². The minimum Gasteiger partial charge on any atom is -0.506 e. The summed E-state index contributed by atoms with van der Waals surface area (Å²) in [5, 5.41) is 30.5. The number of nitrogens with one attached hydrogen (secondary N) is 2. The number of benzene rings is 1. The highest BCUT2D eigenvalue weighted by atomic mass is 32.1. The molecule has 0 saturated carbocycles. The lowest BCUT2D eigenvalue weighted by Crippen LogP contribution is -2.58. The van der Waals surface area contributed by atoms with Crippen LogP contribution in [0.2, 0.25) is 0 Å². The molecule has 4 aromatic rings. The minimum atomic E-state index is -5.08. The number of aromatic hydroxyl groups is 1. The molecule has 0 unspecified atom stereocenters. The monoisotopic (exact) mass is 1030 g/mol. The number of ether oxygens (including phenoxy) is 2. The molecule has 2 amide bonds. The molecule has 5 N–H and O–H groups in total. The van der Waals surface area contributed by atoms with Crippen molar-refractivity contribution >= 4 is 68.0 Å². The van der Waals surface area contributed by atoms with Crippen molar-refractivity contribution in [2.75, 3.05) is 78.7 Å². The maximum absolute atomic E-state index is 13.2. The van der Waals surface area contributed by atoms with Crippen molar-refractivity contribution in [3.63, 3.8) is 0 Å². The van der Waals surface area contributed by atoms with Crippen molar-refractivity contribution in [2.24, 2.45) is 0 Å². The summed E-state index contributed by atoms with van der Waals surface area (Å²) >= 11 is 4.53. The summed E-state index contributed by atoms with van der Waals surface area (Å²) in [5.74, 6) is -4.98. The summed E-state index contributed by atoms with van der Waals surface area (Å²) in [6.07, 6.45) is -5.37. The Balaban J connectivity index is 0.000000626. The van der Waals surface area contributed by atoms with E-state index in [4.69, 9.17) is 29.3 Å². The number of amides is 2. The van der Waals surface area contributed by atoms with E-state index in [1.165, 1.54) is 9.75 Å². The molecule has 1 spiro atoms. The Morgan fingerprint density at radius 1 is 0.941 bits per heavy atom. The number of alkyl halides is 6. The van der Waals surface area contributed by atoms with E-state index >= 15 is 0 Å². The molecule has 25 heteroatoms. The first-order chi connectivity index (χ1) is 32.0. The predicted molar refractivity (Wildman–Crippen MR) is 244 cm³/mol. The number of aliphatic carboxylic acids is 2. The zero-order valence-corrected chi connectivity index (χ0v) is 40.1. The van der Waals surface area contributed by atoms with Crippen molar-refractivity contribution in [1.29, 1.82) is 0 Å². The third-order valence-electron chi connectivity index (χ3n) is 10.9. The number of thiophene rings is 1. The van der Waals surface area contributed by atoms with E-state index in [2.05, 4.69) is 46.2 Å². The van der Waals surface area contributed by atoms with Gasteiger partial charge in [-0.05, 0) is 62.9 Å². The highest BCUT2D eigenvalue weighted by molar-refractivity contribution is 7.16. The fraction of sp³-hybridized carbons (Fsp3) is 0.581. The van der Waals surface area contributed by atoms with Gasteiger partial charge < -0.3 is 49.8 Å². The second-order valence-electron chi connectivity index (χ2n) is 16.1. The van der Waals surface area contributed by atoms with Gasteiger partial charge in [-0.1, -0.05) is 31.3 Å². The fourth-order valence-corrected chi connectivity index (χ4v) is 9.85. The van der Waals surface area contributed by atoms with Gasteiger partial charge in [-0.25, -0.2) is 14.6 Å². The van der Waals surface area contributed by atoms with Crippen LogP contribution in [0.3, 0.4) is 0 Å². The van der Waals surface area contributed by atoms with E-state index < -0.39 is 24.3 Å². The number of phenolic OH excluding ortho intramolecular Hbond substituents is 1. The van der Waals surface area contributed by atoms with Gasteiger partial charge >= 0.3 is 29.2 Å². The average molecular weight is 1030 g/mol. The number of phenols is 1. The molecule has 68 heavy (non-hydrogen) atoms. The lowest BCUT2D eigenvalue weighted by atomic mass is 9.89. The molecule has 1 aromatic carbocycles. The third kappa shape index (κ3) is 17.4. The first-order valence-electron chi connectivity index (χ1n) is 21.7. The Bertz CT molecular complexity index is 2300. The van der Waals surface area contributed by atoms with Crippen LogP contribution >= 0.6 is 34.0 Å². The summed E-state index contributed by atoms with van der Waals surface area (Å²) < 4.78 is 76.5. The molecule has 2 saturated heterocycles. The molecule has 0 radical (unpaired) electrons. The molecule has 2 fully saturated rings. The van der Waals surface area contributed by atoms with Gasteiger partial charge in [-0.2, -0.15) is 26.3 Å². The van der Waals surface area contributed by atoms with Gasteiger partial charge in [0.05, 0.1) is 48.1 Å². The quantitative estimate of drug-likeness (QED) is 0.0541. The maximum Gasteiger partial charge on any atom is 0.490 e. The second kappa shape index (κ2) is 25.8. The molecule has 6 rings (SSSR count). The number of rotatable bonds is 18. The molecule has 3 aromatic heterocycles. The zero-order valence-electron chi connectivity index (χ0n) is 37.7. The Morgan fingerprint density at radius 3 is 2.19 bits per heavy atom. The number of carbonyl (C=O) groups excluding carboxylic acids is 2. The van der Waals surface area contributed by atoms with Gasteiger partial charge in [-0.15, -0.1) is 22.7 Å². The maximum atomic E-state index is 13.2. The lowest BCUT2D eigenvalue weighted by Gasteiger charge is -2.47. The number of halogens is 6. The molecular weight excluding hydrogens is 971 g/mol. The van der Waals surface area contributed by atoms with Crippen molar-refractivity contribution < 1.29 is 70.3 Å². The number of aromatic amines is 1. The van der Waals surface area contributed by atoms with Crippen LogP contribution < -0.4 is 10.2 Å². The van der Waals surface area contributed by atoms with Gasteiger partial charge in [0.2, 0.25) is 5.91 Å². The number of piperidine rings is 1. The van der Waals surface area contributed by atoms with Crippen molar-refractivity contribution in [3.8, 4) is 5.75 Å². The number of fused-ring (bicyclic) bond motifs is 1. The Hall–Kier alpha value is -4.66. The molecule has 378 valence electrons. The molecule has 2 aliphatic rings. The number of carboxylic acid groups (broad SMARTS) is 2. The number of hydrogen-bond acceptors (Lipinski definition) is 14.